The monoisotopic (exact) mass is 355 g/mol. The van der Waals surface area contributed by atoms with Crippen LogP contribution in [-0.2, 0) is 11.3 Å². The number of pyridine rings is 1. The molecule has 1 amide bonds. The molecule has 1 heterocycles. The first-order valence-corrected chi connectivity index (χ1v) is 6.84. The van der Waals surface area contributed by atoms with Gasteiger partial charge in [-0.2, -0.15) is 0 Å². The summed E-state index contributed by atoms with van der Waals surface area (Å²) in [6.45, 7) is -0.145. The van der Waals surface area contributed by atoms with Crippen LogP contribution in [0.5, 0.6) is 0 Å². The fourth-order valence-corrected chi connectivity index (χ4v) is 2.32. The quantitative estimate of drug-likeness (QED) is 0.887. The van der Waals surface area contributed by atoms with E-state index in [0.717, 1.165) is 0 Å². The number of nitrogen functional groups attached to an aromatic ring is 1. The first kappa shape index (κ1) is 14.6. The van der Waals surface area contributed by atoms with Gasteiger partial charge in [0.2, 0.25) is 5.91 Å². The Balaban J connectivity index is 2.17. The molecule has 0 radical (unpaired) electrons. The first-order chi connectivity index (χ1) is 9.47. The maximum atomic E-state index is 11.9. The summed E-state index contributed by atoms with van der Waals surface area (Å²) in [5, 5.41) is 3.07. The van der Waals surface area contributed by atoms with Gasteiger partial charge in [0.25, 0.3) is 5.56 Å². The molecule has 0 bridgehead atoms. The van der Waals surface area contributed by atoms with Crippen LogP contribution in [-0.4, -0.2) is 10.5 Å². The normalized spacial score (nSPS) is 10.3. The number of carbonyl (C=O) groups is 1. The van der Waals surface area contributed by atoms with Crippen molar-refractivity contribution in [2.24, 2.45) is 0 Å². The molecule has 1 aromatic heterocycles. The molecule has 0 spiro atoms. The molecule has 0 atom stereocenters. The number of hydrogen-bond donors (Lipinski definition) is 2. The molecule has 1 aromatic carbocycles. The number of carbonyl (C=O) groups excluding carboxylic acids is 1. The van der Waals surface area contributed by atoms with Crippen molar-refractivity contribution in [3.63, 3.8) is 0 Å². The number of halogens is 2. The Labute approximate surface area is 128 Å². The third-order valence-corrected chi connectivity index (χ3v) is 3.42. The van der Waals surface area contributed by atoms with Gasteiger partial charge in [-0.25, -0.2) is 0 Å². The molecule has 104 valence electrons. The molecule has 20 heavy (non-hydrogen) atoms. The van der Waals surface area contributed by atoms with Gasteiger partial charge in [-0.1, -0.05) is 23.7 Å². The van der Waals surface area contributed by atoms with Gasteiger partial charge in [0.15, 0.2) is 0 Å². The number of aromatic nitrogens is 1. The summed E-state index contributed by atoms with van der Waals surface area (Å²) in [7, 11) is 0. The van der Waals surface area contributed by atoms with Crippen molar-refractivity contribution in [1.29, 1.82) is 0 Å². The summed E-state index contributed by atoms with van der Waals surface area (Å²) in [4.78, 5) is 23.8. The predicted octanol–water partition coefficient (Wildman–Crippen LogP) is 2.49. The molecular weight excluding hydrogens is 346 g/mol. The smallest absolute Gasteiger partial charge is 0.265 e. The van der Waals surface area contributed by atoms with Gasteiger partial charge in [0, 0.05) is 11.9 Å². The SMILES string of the molecule is Nc1cc(Br)c(=O)n(CC(=O)Nc2ccccc2Cl)c1. The number of benzene rings is 1. The van der Waals surface area contributed by atoms with Gasteiger partial charge in [-0.15, -0.1) is 0 Å². The number of rotatable bonds is 3. The fourth-order valence-electron chi connectivity index (χ4n) is 1.65. The van der Waals surface area contributed by atoms with E-state index >= 15 is 0 Å². The van der Waals surface area contributed by atoms with Gasteiger partial charge in [0.1, 0.15) is 6.54 Å². The Morgan fingerprint density at radius 3 is 2.80 bits per heavy atom. The van der Waals surface area contributed by atoms with E-state index < -0.39 is 0 Å². The Bertz CT molecular complexity index is 715. The summed E-state index contributed by atoms with van der Waals surface area (Å²) in [5.74, 6) is -0.363. The van der Waals surface area contributed by atoms with Gasteiger partial charge in [0.05, 0.1) is 15.2 Å². The second-order valence-corrected chi connectivity index (χ2v) is 5.34. The standard InChI is InChI=1S/C13H11BrClN3O2/c14-9-5-8(16)6-18(13(9)20)7-12(19)17-11-4-2-1-3-10(11)15/h1-6H,7,16H2,(H,17,19). The number of nitrogens with two attached hydrogens (primary N) is 1. The van der Waals surface area contributed by atoms with E-state index in [4.69, 9.17) is 17.3 Å². The second-order valence-electron chi connectivity index (χ2n) is 4.08. The van der Waals surface area contributed by atoms with Gasteiger partial charge in [-0.3, -0.25) is 9.59 Å². The Morgan fingerprint density at radius 1 is 1.40 bits per heavy atom. The largest absolute Gasteiger partial charge is 0.398 e. The number of anilines is 2. The van der Waals surface area contributed by atoms with Crippen molar-refractivity contribution >= 4 is 44.8 Å². The predicted molar refractivity (Wildman–Crippen MR) is 82.9 cm³/mol. The minimum Gasteiger partial charge on any atom is -0.398 e. The highest BCUT2D eigenvalue weighted by Gasteiger charge is 2.09. The lowest BCUT2D eigenvalue weighted by atomic mass is 10.3. The maximum Gasteiger partial charge on any atom is 0.265 e. The van der Waals surface area contributed by atoms with Crippen LogP contribution in [0.1, 0.15) is 0 Å². The average Bonchev–Trinajstić information content (AvgIpc) is 2.38. The minimum absolute atomic E-state index is 0.145. The van der Waals surface area contributed by atoms with E-state index in [9.17, 15) is 9.59 Å². The van der Waals surface area contributed by atoms with Crippen LogP contribution < -0.4 is 16.6 Å². The summed E-state index contributed by atoms with van der Waals surface area (Å²) >= 11 is 9.04. The molecule has 0 fully saturated rings. The van der Waals surface area contributed by atoms with Crippen LogP contribution in [0.15, 0.2) is 45.8 Å². The molecular formula is C13H11BrClN3O2. The van der Waals surface area contributed by atoms with Crippen LogP contribution >= 0.6 is 27.5 Å². The van der Waals surface area contributed by atoms with Crippen molar-refractivity contribution in [1.82, 2.24) is 4.57 Å². The van der Waals surface area contributed by atoms with E-state index in [1.807, 2.05) is 0 Å². The third kappa shape index (κ3) is 3.40. The Morgan fingerprint density at radius 2 is 2.10 bits per heavy atom. The van der Waals surface area contributed by atoms with Crippen molar-refractivity contribution in [2.75, 3.05) is 11.1 Å². The first-order valence-electron chi connectivity index (χ1n) is 5.67. The van der Waals surface area contributed by atoms with Crippen LogP contribution in [0.3, 0.4) is 0 Å². The average molecular weight is 357 g/mol. The van der Waals surface area contributed by atoms with Gasteiger partial charge in [-0.05, 0) is 34.1 Å². The minimum atomic E-state index is -0.363. The molecule has 2 aromatic rings. The van der Waals surface area contributed by atoms with Crippen LogP contribution in [0.2, 0.25) is 5.02 Å². The highest BCUT2D eigenvalue weighted by Crippen LogP contribution is 2.20. The number of hydrogen-bond acceptors (Lipinski definition) is 3. The number of nitrogens with one attached hydrogen (secondary N) is 1. The molecule has 3 N–H and O–H groups in total. The summed E-state index contributed by atoms with van der Waals surface area (Å²) < 4.78 is 1.54. The molecule has 5 nitrogen and oxygen atoms in total. The molecule has 7 heteroatoms. The highest BCUT2D eigenvalue weighted by molar-refractivity contribution is 9.10. The van der Waals surface area contributed by atoms with Gasteiger partial charge >= 0.3 is 0 Å². The third-order valence-electron chi connectivity index (χ3n) is 2.53. The lowest BCUT2D eigenvalue weighted by molar-refractivity contribution is -0.116. The lowest BCUT2D eigenvalue weighted by Crippen LogP contribution is -2.28. The number of nitrogens with zero attached hydrogens (tertiary/aromatic N) is 1. The Kier molecular flexibility index (Phi) is 4.46. The van der Waals surface area contributed by atoms with E-state index in [1.165, 1.54) is 16.8 Å². The molecule has 0 saturated heterocycles. The zero-order valence-corrected chi connectivity index (χ0v) is 12.6. The van der Waals surface area contributed by atoms with Crippen molar-refractivity contribution < 1.29 is 4.79 Å². The number of amides is 1. The van der Waals surface area contributed by atoms with E-state index in [1.54, 1.807) is 24.3 Å². The Hall–Kier alpha value is -1.79. The lowest BCUT2D eigenvalue weighted by Gasteiger charge is -2.09. The van der Waals surface area contributed by atoms with Crippen LogP contribution in [0, 0.1) is 0 Å². The second kappa shape index (κ2) is 6.11. The molecule has 0 aliphatic heterocycles. The summed E-state index contributed by atoms with van der Waals surface area (Å²) in [6, 6.07) is 8.35. The van der Waals surface area contributed by atoms with Crippen molar-refractivity contribution in [2.45, 2.75) is 6.54 Å². The van der Waals surface area contributed by atoms with Gasteiger partial charge < -0.3 is 15.6 Å². The van der Waals surface area contributed by atoms with Crippen molar-refractivity contribution in [3.8, 4) is 0 Å². The highest BCUT2D eigenvalue weighted by atomic mass is 79.9. The molecule has 0 aliphatic rings. The zero-order chi connectivity index (χ0) is 14.7. The van der Waals surface area contributed by atoms with E-state index in [-0.39, 0.29) is 18.0 Å². The molecule has 0 unspecified atom stereocenters. The summed E-state index contributed by atoms with van der Waals surface area (Å²) in [5.41, 5.74) is 6.20. The zero-order valence-electron chi connectivity index (χ0n) is 10.3. The molecule has 0 aliphatic carbocycles. The summed E-state index contributed by atoms with van der Waals surface area (Å²) in [6.07, 6.45) is 1.42. The van der Waals surface area contributed by atoms with E-state index in [0.29, 0.717) is 20.9 Å². The molecule has 2 rings (SSSR count). The maximum absolute atomic E-state index is 11.9. The number of para-hydroxylation sites is 1. The van der Waals surface area contributed by atoms with E-state index in [2.05, 4.69) is 21.2 Å². The van der Waals surface area contributed by atoms with Crippen molar-refractivity contribution in [3.05, 3.63) is 56.4 Å². The topological polar surface area (TPSA) is 77.1 Å². The van der Waals surface area contributed by atoms with Crippen LogP contribution in [0.4, 0.5) is 11.4 Å². The fraction of sp³-hybridized carbons (Fsp3) is 0.0769. The molecule has 0 saturated carbocycles. The van der Waals surface area contributed by atoms with Crippen LogP contribution in [0.25, 0.3) is 0 Å².